The molecule has 1 amide bonds. The van der Waals surface area contributed by atoms with Gasteiger partial charge in [-0.25, -0.2) is 4.79 Å². The molecule has 2 N–H and O–H groups in total. The lowest BCUT2D eigenvalue weighted by Gasteiger charge is -2.50. The fourth-order valence-electron chi connectivity index (χ4n) is 3.74. The maximum absolute atomic E-state index is 11.9. The average Bonchev–Trinajstić information content (AvgIpc) is 2.63. The van der Waals surface area contributed by atoms with Crippen LogP contribution in [0.25, 0.3) is 0 Å². The van der Waals surface area contributed by atoms with Gasteiger partial charge in [0.05, 0.1) is 6.61 Å². The van der Waals surface area contributed by atoms with Gasteiger partial charge in [0.15, 0.2) is 5.79 Å². The van der Waals surface area contributed by atoms with Crippen LogP contribution in [0.2, 0.25) is 0 Å². The van der Waals surface area contributed by atoms with Crippen molar-refractivity contribution in [1.82, 2.24) is 5.32 Å². The maximum atomic E-state index is 11.9. The third-order valence-electron chi connectivity index (χ3n) is 5.00. The molecule has 3 rings (SSSR count). The fraction of sp³-hybridized carbons (Fsp3) is 0.619. The summed E-state index contributed by atoms with van der Waals surface area (Å²) in [6.45, 7) is 8.42. The van der Waals surface area contributed by atoms with E-state index >= 15 is 0 Å². The van der Waals surface area contributed by atoms with Crippen molar-refractivity contribution >= 4 is 11.9 Å². The maximum Gasteiger partial charge on any atom is 0.329 e. The lowest BCUT2D eigenvalue weighted by molar-refractivity contribution is -0.364. The van der Waals surface area contributed by atoms with E-state index in [1.54, 1.807) is 13.8 Å². The predicted octanol–water partition coefficient (Wildman–Crippen LogP) is 1.53. The molecule has 2 aliphatic heterocycles. The molecular weight excluding hydrogens is 394 g/mol. The fourth-order valence-corrected chi connectivity index (χ4v) is 3.74. The van der Waals surface area contributed by atoms with Crippen molar-refractivity contribution in [2.75, 3.05) is 13.2 Å². The van der Waals surface area contributed by atoms with Crippen LogP contribution in [0.1, 0.15) is 31.9 Å². The first-order valence-corrected chi connectivity index (χ1v) is 9.87. The third-order valence-corrected chi connectivity index (χ3v) is 5.00. The first-order chi connectivity index (χ1) is 14.1. The van der Waals surface area contributed by atoms with Crippen molar-refractivity contribution in [3.63, 3.8) is 0 Å². The molecule has 0 spiro atoms. The van der Waals surface area contributed by atoms with Crippen LogP contribution in [0, 0.1) is 13.8 Å². The molecule has 2 aliphatic rings. The monoisotopic (exact) mass is 423 g/mol. The van der Waals surface area contributed by atoms with Gasteiger partial charge in [-0.15, -0.1) is 0 Å². The van der Waals surface area contributed by atoms with Crippen LogP contribution in [-0.2, 0) is 28.5 Å². The minimum atomic E-state index is -1.13. The van der Waals surface area contributed by atoms with Crippen LogP contribution in [0.3, 0.4) is 0 Å². The van der Waals surface area contributed by atoms with E-state index in [0.717, 1.165) is 11.1 Å². The number of fused-ring (bicyclic) bond motifs is 1. The number of carboxylic acids is 1. The lowest BCUT2D eigenvalue weighted by Crippen LogP contribution is -2.69. The van der Waals surface area contributed by atoms with E-state index in [9.17, 15) is 9.59 Å². The van der Waals surface area contributed by atoms with Crippen molar-refractivity contribution in [2.24, 2.45) is 0 Å². The average molecular weight is 423 g/mol. The molecule has 0 aliphatic carbocycles. The van der Waals surface area contributed by atoms with Gasteiger partial charge in [0, 0.05) is 6.92 Å². The molecule has 30 heavy (non-hydrogen) atoms. The number of rotatable bonds is 6. The summed E-state index contributed by atoms with van der Waals surface area (Å²) in [6, 6.07) is 4.92. The Morgan fingerprint density at radius 3 is 2.67 bits per heavy atom. The van der Waals surface area contributed by atoms with Crippen LogP contribution < -0.4 is 10.1 Å². The second-order valence-corrected chi connectivity index (χ2v) is 8.12. The zero-order valence-corrected chi connectivity index (χ0v) is 17.8. The molecular formula is C21H29NO8. The molecule has 1 aromatic carbocycles. The summed E-state index contributed by atoms with van der Waals surface area (Å²) in [4.78, 5) is 23.1. The molecule has 1 aromatic rings. The number of benzene rings is 1. The molecule has 9 heteroatoms. The van der Waals surface area contributed by atoms with Crippen molar-refractivity contribution < 1.29 is 38.4 Å². The van der Waals surface area contributed by atoms with Crippen molar-refractivity contribution in [2.45, 2.75) is 71.0 Å². The summed E-state index contributed by atoms with van der Waals surface area (Å²) >= 11 is 0. The van der Waals surface area contributed by atoms with Gasteiger partial charge in [-0.05, 0) is 39.3 Å². The van der Waals surface area contributed by atoms with Crippen LogP contribution in [0.5, 0.6) is 5.75 Å². The van der Waals surface area contributed by atoms with Crippen LogP contribution >= 0.6 is 0 Å². The van der Waals surface area contributed by atoms with E-state index in [-0.39, 0.29) is 12.5 Å². The minimum absolute atomic E-state index is 0.212. The summed E-state index contributed by atoms with van der Waals surface area (Å²) in [5.41, 5.74) is 1.99. The highest BCUT2D eigenvalue weighted by atomic mass is 16.8. The molecule has 0 radical (unpaired) electrons. The first kappa shape index (κ1) is 22.5. The zero-order chi connectivity index (χ0) is 22.1. The van der Waals surface area contributed by atoms with Crippen LogP contribution in [0.4, 0.5) is 0 Å². The molecule has 0 saturated carbocycles. The molecule has 9 nitrogen and oxygen atoms in total. The predicted molar refractivity (Wildman–Crippen MR) is 105 cm³/mol. The van der Waals surface area contributed by atoms with Gasteiger partial charge in [-0.3, -0.25) is 4.79 Å². The van der Waals surface area contributed by atoms with Crippen molar-refractivity contribution in [1.29, 1.82) is 0 Å². The second-order valence-electron chi connectivity index (χ2n) is 8.12. The highest BCUT2D eigenvalue weighted by Gasteiger charge is 2.53. The summed E-state index contributed by atoms with van der Waals surface area (Å²) in [5, 5.41) is 11.9. The first-order valence-electron chi connectivity index (χ1n) is 9.87. The van der Waals surface area contributed by atoms with Gasteiger partial charge < -0.3 is 34.1 Å². The quantitative estimate of drug-likeness (QED) is 0.709. The summed E-state index contributed by atoms with van der Waals surface area (Å²) < 4.78 is 29.6. The SMILES string of the molecule is CC(=O)NC1C(Oc2ccc(C)cc2C)OC2COC(C)(C)OC2C1OCC(=O)O. The van der Waals surface area contributed by atoms with Gasteiger partial charge in [0.1, 0.15) is 36.7 Å². The topological polar surface area (TPSA) is 113 Å². The smallest absolute Gasteiger partial charge is 0.329 e. The number of ether oxygens (including phenoxy) is 5. The number of hydrogen-bond donors (Lipinski definition) is 2. The van der Waals surface area contributed by atoms with Gasteiger partial charge in [0.25, 0.3) is 0 Å². The molecule has 166 valence electrons. The largest absolute Gasteiger partial charge is 0.480 e. The highest BCUT2D eigenvalue weighted by molar-refractivity contribution is 5.73. The van der Waals surface area contributed by atoms with Gasteiger partial charge in [0.2, 0.25) is 12.2 Å². The number of carboxylic acid groups (broad SMARTS) is 1. The number of aliphatic carboxylic acids is 1. The van der Waals surface area contributed by atoms with Crippen molar-refractivity contribution in [3.05, 3.63) is 29.3 Å². The Balaban J connectivity index is 1.92. The van der Waals surface area contributed by atoms with E-state index in [0.29, 0.717) is 5.75 Å². The van der Waals surface area contributed by atoms with E-state index in [4.69, 9.17) is 28.8 Å². The van der Waals surface area contributed by atoms with E-state index in [2.05, 4.69) is 5.32 Å². The van der Waals surface area contributed by atoms with Gasteiger partial charge in [-0.1, -0.05) is 17.7 Å². The lowest BCUT2D eigenvalue weighted by atomic mass is 9.95. The molecule has 2 fully saturated rings. The number of carbonyl (C=O) groups is 2. The number of hydrogen-bond acceptors (Lipinski definition) is 7. The molecule has 0 aromatic heterocycles. The van der Waals surface area contributed by atoms with Crippen LogP contribution in [0.15, 0.2) is 18.2 Å². The summed E-state index contributed by atoms with van der Waals surface area (Å²) in [6.07, 6.45) is -2.95. The Morgan fingerprint density at radius 2 is 2.03 bits per heavy atom. The highest BCUT2D eigenvalue weighted by Crippen LogP contribution is 2.35. The minimum Gasteiger partial charge on any atom is -0.480 e. The normalized spacial score (nSPS) is 30.2. The molecule has 2 heterocycles. The van der Waals surface area contributed by atoms with E-state index in [1.807, 2.05) is 32.0 Å². The molecule has 5 atom stereocenters. The zero-order valence-electron chi connectivity index (χ0n) is 17.8. The Hall–Kier alpha value is -2.20. The molecule has 5 unspecified atom stereocenters. The van der Waals surface area contributed by atoms with Crippen molar-refractivity contribution in [3.8, 4) is 5.75 Å². The molecule has 2 saturated heterocycles. The standard InChI is InChI=1S/C21H29NO8/c1-11-6-7-14(12(2)8-11)28-20-17(22-13(3)23)19(26-10-16(24)25)18-15(29-20)9-27-21(4,5)30-18/h6-8,15,17-20H,9-10H2,1-5H3,(H,22,23)(H,24,25). The Morgan fingerprint density at radius 1 is 1.30 bits per heavy atom. The number of carbonyl (C=O) groups excluding carboxylic acids is 1. The van der Waals surface area contributed by atoms with E-state index in [1.165, 1.54) is 6.92 Å². The van der Waals surface area contributed by atoms with Gasteiger partial charge >= 0.3 is 5.97 Å². The molecule has 0 bridgehead atoms. The Bertz CT molecular complexity index is 795. The Labute approximate surface area is 175 Å². The van der Waals surface area contributed by atoms with Gasteiger partial charge in [-0.2, -0.15) is 0 Å². The van der Waals surface area contributed by atoms with E-state index < -0.39 is 49.0 Å². The second kappa shape index (κ2) is 8.89. The van der Waals surface area contributed by atoms with Crippen LogP contribution in [-0.4, -0.2) is 66.6 Å². The number of aryl methyl sites for hydroxylation is 2. The summed E-state index contributed by atoms with van der Waals surface area (Å²) in [7, 11) is 0. The Kier molecular flexibility index (Phi) is 6.66. The number of nitrogens with one attached hydrogen (secondary N) is 1. The third kappa shape index (κ3) is 5.28. The number of amides is 1. The summed E-state index contributed by atoms with van der Waals surface area (Å²) in [5.74, 6) is -1.77.